The number of carbonyl (C=O) groups is 1. The van der Waals surface area contributed by atoms with Gasteiger partial charge in [0.1, 0.15) is 5.75 Å². The van der Waals surface area contributed by atoms with Crippen LogP contribution in [0.1, 0.15) is 30.5 Å². The van der Waals surface area contributed by atoms with E-state index in [1.807, 2.05) is 31.2 Å². The lowest BCUT2D eigenvalue weighted by atomic mass is 10.0. The van der Waals surface area contributed by atoms with Crippen molar-refractivity contribution < 1.29 is 9.53 Å². The quantitative estimate of drug-likeness (QED) is 0.814. The number of benzene rings is 2. The number of urea groups is 1. The van der Waals surface area contributed by atoms with Crippen LogP contribution in [0.15, 0.2) is 48.5 Å². The van der Waals surface area contributed by atoms with Crippen LogP contribution in [0.3, 0.4) is 0 Å². The molecule has 1 aliphatic rings. The zero-order valence-electron chi connectivity index (χ0n) is 16.4. The van der Waals surface area contributed by atoms with E-state index >= 15 is 0 Å². The number of hydrogen-bond donors (Lipinski definition) is 2. The van der Waals surface area contributed by atoms with Gasteiger partial charge in [-0.2, -0.15) is 0 Å². The van der Waals surface area contributed by atoms with Gasteiger partial charge in [0, 0.05) is 31.4 Å². The molecule has 144 valence electrons. The number of amides is 2. The van der Waals surface area contributed by atoms with Crippen LogP contribution in [0.25, 0.3) is 0 Å². The van der Waals surface area contributed by atoms with Crippen LogP contribution in [0.5, 0.6) is 5.75 Å². The van der Waals surface area contributed by atoms with Crippen LogP contribution in [-0.2, 0) is 0 Å². The predicted molar refractivity (Wildman–Crippen MR) is 109 cm³/mol. The topological polar surface area (TPSA) is 53.6 Å². The molecule has 0 aromatic heterocycles. The van der Waals surface area contributed by atoms with Crippen LogP contribution in [0.2, 0.25) is 0 Å². The van der Waals surface area contributed by atoms with E-state index in [9.17, 15) is 4.79 Å². The van der Waals surface area contributed by atoms with Gasteiger partial charge in [-0.05, 0) is 49.4 Å². The second-order valence-electron chi connectivity index (χ2n) is 7.23. The van der Waals surface area contributed by atoms with Crippen LogP contribution < -0.4 is 20.3 Å². The molecule has 1 saturated heterocycles. The fraction of sp³-hybridized carbons (Fsp3) is 0.409. The van der Waals surface area contributed by atoms with Crippen molar-refractivity contribution in [2.24, 2.45) is 5.92 Å². The van der Waals surface area contributed by atoms with Gasteiger partial charge in [-0.1, -0.05) is 30.3 Å². The molecule has 3 rings (SSSR count). The summed E-state index contributed by atoms with van der Waals surface area (Å²) in [6, 6.07) is 16.2. The van der Waals surface area contributed by atoms with Crippen molar-refractivity contribution in [1.29, 1.82) is 0 Å². The first-order chi connectivity index (χ1) is 13.1. The normalized spacial score (nSPS) is 17.4. The third kappa shape index (κ3) is 4.94. The molecule has 5 nitrogen and oxygen atoms in total. The lowest BCUT2D eigenvalue weighted by Gasteiger charge is -2.20. The minimum absolute atomic E-state index is 0.0111. The molecule has 2 N–H and O–H groups in total. The highest BCUT2D eigenvalue weighted by Gasteiger charge is 2.23. The summed E-state index contributed by atoms with van der Waals surface area (Å²) in [5, 5.41) is 6.08. The molecule has 1 heterocycles. The Hall–Kier alpha value is -2.69. The number of methoxy groups -OCH3 is 1. The molecule has 27 heavy (non-hydrogen) atoms. The van der Waals surface area contributed by atoms with Crippen LogP contribution in [0, 0.1) is 12.8 Å². The van der Waals surface area contributed by atoms with Gasteiger partial charge in [0.2, 0.25) is 0 Å². The molecule has 2 amide bonds. The van der Waals surface area contributed by atoms with Crippen molar-refractivity contribution in [3.8, 4) is 5.75 Å². The van der Waals surface area contributed by atoms with Gasteiger partial charge < -0.3 is 20.3 Å². The van der Waals surface area contributed by atoms with E-state index in [4.69, 9.17) is 4.74 Å². The standard InChI is InChI=1S/C22H29N3O2/c1-16-7-4-5-10-21(16)17(2)24-22(26)23-14-18-11-12-25(15-18)19-8-6-9-20(13-19)27-3/h4-10,13,17-18H,11-12,14-15H2,1-3H3,(H2,23,24,26). The lowest BCUT2D eigenvalue weighted by molar-refractivity contribution is 0.236. The molecule has 2 atom stereocenters. The van der Waals surface area contributed by atoms with E-state index in [2.05, 4.69) is 46.7 Å². The fourth-order valence-electron chi connectivity index (χ4n) is 3.68. The minimum atomic E-state index is -0.106. The summed E-state index contributed by atoms with van der Waals surface area (Å²) >= 11 is 0. The SMILES string of the molecule is COc1cccc(N2CCC(CNC(=O)NC(C)c3ccccc3C)C2)c1. The summed E-state index contributed by atoms with van der Waals surface area (Å²) in [6.07, 6.45) is 1.07. The average Bonchev–Trinajstić information content (AvgIpc) is 3.16. The van der Waals surface area contributed by atoms with Crippen molar-refractivity contribution in [1.82, 2.24) is 10.6 Å². The van der Waals surface area contributed by atoms with E-state index in [1.54, 1.807) is 7.11 Å². The Labute approximate surface area is 161 Å². The maximum Gasteiger partial charge on any atom is 0.315 e. The molecule has 0 saturated carbocycles. The first-order valence-electron chi connectivity index (χ1n) is 9.55. The molecule has 2 aromatic carbocycles. The van der Waals surface area contributed by atoms with Crippen molar-refractivity contribution in [3.05, 3.63) is 59.7 Å². The monoisotopic (exact) mass is 367 g/mol. The third-order valence-electron chi connectivity index (χ3n) is 5.26. The predicted octanol–water partition coefficient (Wildman–Crippen LogP) is 3.89. The number of rotatable bonds is 6. The summed E-state index contributed by atoms with van der Waals surface area (Å²) < 4.78 is 5.31. The van der Waals surface area contributed by atoms with E-state index in [1.165, 1.54) is 11.3 Å². The number of hydrogen-bond acceptors (Lipinski definition) is 3. The molecule has 5 heteroatoms. The number of nitrogens with zero attached hydrogens (tertiary/aromatic N) is 1. The van der Waals surface area contributed by atoms with Crippen molar-refractivity contribution in [2.75, 3.05) is 31.6 Å². The number of carbonyl (C=O) groups excluding carboxylic acids is 1. The molecular weight excluding hydrogens is 338 g/mol. The van der Waals surface area contributed by atoms with Gasteiger partial charge in [-0.25, -0.2) is 4.79 Å². The second kappa shape index (κ2) is 8.80. The van der Waals surface area contributed by atoms with Crippen molar-refractivity contribution >= 4 is 11.7 Å². The maximum atomic E-state index is 12.3. The third-order valence-corrected chi connectivity index (χ3v) is 5.26. The molecule has 0 aliphatic carbocycles. The Morgan fingerprint density at radius 1 is 1.26 bits per heavy atom. The zero-order valence-corrected chi connectivity index (χ0v) is 16.4. The highest BCUT2D eigenvalue weighted by atomic mass is 16.5. The first kappa shape index (κ1) is 19.1. The summed E-state index contributed by atoms with van der Waals surface area (Å²) in [4.78, 5) is 14.6. The summed E-state index contributed by atoms with van der Waals surface area (Å²) in [6.45, 7) is 6.72. The van der Waals surface area contributed by atoms with Gasteiger partial charge >= 0.3 is 6.03 Å². The van der Waals surface area contributed by atoms with Gasteiger partial charge in [0.05, 0.1) is 13.2 Å². The Bertz CT molecular complexity index is 778. The van der Waals surface area contributed by atoms with Gasteiger partial charge in [-0.3, -0.25) is 0 Å². The summed E-state index contributed by atoms with van der Waals surface area (Å²) in [7, 11) is 1.69. The van der Waals surface area contributed by atoms with Crippen molar-refractivity contribution in [3.63, 3.8) is 0 Å². The van der Waals surface area contributed by atoms with E-state index in [0.717, 1.165) is 30.8 Å². The first-order valence-corrected chi connectivity index (χ1v) is 9.55. The second-order valence-corrected chi connectivity index (χ2v) is 7.23. The smallest absolute Gasteiger partial charge is 0.315 e. The Morgan fingerprint density at radius 2 is 2.07 bits per heavy atom. The minimum Gasteiger partial charge on any atom is -0.497 e. The van der Waals surface area contributed by atoms with E-state index in [-0.39, 0.29) is 12.1 Å². The van der Waals surface area contributed by atoms with E-state index in [0.29, 0.717) is 12.5 Å². The summed E-state index contributed by atoms with van der Waals surface area (Å²) in [5.74, 6) is 1.33. The van der Waals surface area contributed by atoms with Crippen LogP contribution >= 0.6 is 0 Å². The largest absolute Gasteiger partial charge is 0.497 e. The molecule has 2 aromatic rings. The number of nitrogens with one attached hydrogen (secondary N) is 2. The highest BCUT2D eigenvalue weighted by molar-refractivity contribution is 5.74. The molecule has 1 fully saturated rings. The maximum absolute atomic E-state index is 12.3. The number of aryl methyl sites for hydroxylation is 1. The number of anilines is 1. The molecule has 0 radical (unpaired) electrons. The van der Waals surface area contributed by atoms with Gasteiger partial charge in [-0.15, -0.1) is 0 Å². The van der Waals surface area contributed by atoms with Gasteiger partial charge in [0.25, 0.3) is 0 Å². The Balaban J connectivity index is 1.46. The van der Waals surface area contributed by atoms with E-state index < -0.39 is 0 Å². The molecule has 0 bridgehead atoms. The average molecular weight is 367 g/mol. The molecular formula is C22H29N3O2. The summed E-state index contributed by atoms with van der Waals surface area (Å²) in [5.41, 5.74) is 3.52. The zero-order chi connectivity index (χ0) is 19.2. The Morgan fingerprint density at radius 3 is 2.85 bits per heavy atom. The van der Waals surface area contributed by atoms with Crippen LogP contribution in [0.4, 0.5) is 10.5 Å². The van der Waals surface area contributed by atoms with Crippen molar-refractivity contribution in [2.45, 2.75) is 26.3 Å². The molecule has 0 spiro atoms. The van der Waals surface area contributed by atoms with Crippen LogP contribution in [-0.4, -0.2) is 32.8 Å². The lowest BCUT2D eigenvalue weighted by Crippen LogP contribution is -2.40. The molecule has 2 unspecified atom stereocenters. The highest BCUT2D eigenvalue weighted by Crippen LogP contribution is 2.26. The molecule has 1 aliphatic heterocycles. The fourth-order valence-corrected chi connectivity index (χ4v) is 3.68. The number of ether oxygens (including phenoxy) is 1. The van der Waals surface area contributed by atoms with Gasteiger partial charge in [0.15, 0.2) is 0 Å². The Kier molecular flexibility index (Phi) is 6.22.